The third kappa shape index (κ3) is 7.37. The van der Waals surface area contributed by atoms with Gasteiger partial charge < -0.3 is 23.9 Å². The van der Waals surface area contributed by atoms with Crippen LogP contribution in [0.1, 0.15) is 23.8 Å². The highest BCUT2D eigenvalue weighted by Gasteiger charge is 2.10. The van der Waals surface area contributed by atoms with E-state index in [1.165, 1.54) is 18.4 Å². The zero-order valence-corrected chi connectivity index (χ0v) is 19.3. The molecule has 0 atom stereocenters. The summed E-state index contributed by atoms with van der Waals surface area (Å²) in [4.78, 5) is 24.4. The van der Waals surface area contributed by atoms with E-state index in [1.54, 1.807) is 67.8 Å². The third-order valence-corrected chi connectivity index (χ3v) is 4.68. The van der Waals surface area contributed by atoms with Gasteiger partial charge in [0.15, 0.2) is 11.5 Å². The molecule has 8 nitrogen and oxygen atoms in total. The predicted octanol–water partition coefficient (Wildman–Crippen LogP) is 4.53. The Morgan fingerprint density at radius 1 is 1.09 bits per heavy atom. The van der Waals surface area contributed by atoms with E-state index in [0.29, 0.717) is 35.2 Å². The first-order valence-corrected chi connectivity index (χ1v) is 10.8. The van der Waals surface area contributed by atoms with Crippen LogP contribution >= 0.6 is 0 Å². The second kappa shape index (κ2) is 12.5. The standard InChI is InChI=1S/C27H24N2O6/c1-3-33-24-12-8-20(16-25(24)32-2)9-13-26(30)35-22-10-6-19(7-11-22)15-21(17-28)27(31)29-18-23-5-4-14-34-23/h4-16H,3,18H2,1-2H3,(H,29,31)/b13-9+,21-15-. The maximum atomic E-state index is 12.2. The van der Waals surface area contributed by atoms with E-state index in [0.717, 1.165) is 5.56 Å². The first-order chi connectivity index (χ1) is 17.0. The summed E-state index contributed by atoms with van der Waals surface area (Å²) in [5.74, 6) is 1.02. The van der Waals surface area contributed by atoms with Gasteiger partial charge in [-0.2, -0.15) is 5.26 Å². The molecule has 0 aliphatic carbocycles. The number of esters is 1. The summed E-state index contributed by atoms with van der Waals surface area (Å²) in [5.41, 5.74) is 1.29. The van der Waals surface area contributed by atoms with E-state index in [1.807, 2.05) is 13.0 Å². The minimum absolute atomic E-state index is 0.0602. The Hall–Kier alpha value is -4.77. The van der Waals surface area contributed by atoms with E-state index in [-0.39, 0.29) is 12.1 Å². The summed E-state index contributed by atoms with van der Waals surface area (Å²) < 4.78 is 21.2. The quantitative estimate of drug-likeness (QED) is 0.200. The van der Waals surface area contributed by atoms with Crippen molar-refractivity contribution in [2.45, 2.75) is 13.5 Å². The fraction of sp³-hybridized carbons (Fsp3) is 0.148. The van der Waals surface area contributed by atoms with E-state index in [2.05, 4.69) is 5.32 Å². The van der Waals surface area contributed by atoms with Crippen molar-refractivity contribution in [2.24, 2.45) is 0 Å². The van der Waals surface area contributed by atoms with Crippen LogP contribution in [0.4, 0.5) is 0 Å². The Morgan fingerprint density at radius 3 is 2.51 bits per heavy atom. The molecule has 1 aromatic heterocycles. The van der Waals surface area contributed by atoms with Crippen LogP contribution in [0.3, 0.4) is 0 Å². The van der Waals surface area contributed by atoms with E-state index in [9.17, 15) is 14.9 Å². The highest BCUT2D eigenvalue weighted by Crippen LogP contribution is 2.28. The number of ether oxygens (including phenoxy) is 3. The predicted molar refractivity (Wildman–Crippen MR) is 129 cm³/mol. The number of rotatable bonds is 10. The van der Waals surface area contributed by atoms with Crippen LogP contribution in [-0.2, 0) is 16.1 Å². The van der Waals surface area contributed by atoms with Crippen molar-refractivity contribution in [2.75, 3.05) is 13.7 Å². The second-order valence-electron chi connectivity index (χ2n) is 7.10. The van der Waals surface area contributed by atoms with Crippen molar-refractivity contribution in [3.63, 3.8) is 0 Å². The van der Waals surface area contributed by atoms with Gasteiger partial charge in [-0.25, -0.2) is 4.79 Å². The molecule has 3 aromatic rings. The molecular weight excluding hydrogens is 448 g/mol. The number of methoxy groups -OCH3 is 1. The van der Waals surface area contributed by atoms with Crippen LogP contribution < -0.4 is 19.5 Å². The van der Waals surface area contributed by atoms with Gasteiger partial charge in [-0.15, -0.1) is 0 Å². The van der Waals surface area contributed by atoms with Gasteiger partial charge in [-0.1, -0.05) is 18.2 Å². The molecule has 1 N–H and O–H groups in total. The average Bonchev–Trinajstić information content (AvgIpc) is 3.40. The summed E-state index contributed by atoms with van der Waals surface area (Å²) in [6.07, 6.45) is 5.87. The first kappa shape index (κ1) is 24.9. The normalized spacial score (nSPS) is 11.1. The number of hydrogen-bond acceptors (Lipinski definition) is 7. The van der Waals surface area contributed by atoms with Crippen LogP contribution in [0.2, 0.25) is 0 Å². The first-order valence-electron chi connectivity index (χ1n) is 10.8. The van der Waals surface area contributed by atoms with Crippen LogP contribution in [0.15, 0.2) is 76.9 Å². The minimum atomic E-state index is -0.559. The molecule has 0 saturated carbocycles. The lowest BCUT2D eigenvalue weighted by Gasteiger charge is -2.09. The number of carbonyl (C=O) groups excluding carboxylic acids is 2. The van der Waals surface area contributed by atoms with Gasteiger partial charge in [0.2, 0.25) is 0 Å². The maximum Gasteiger partial charge on any atom is 0.336 e. The summed E-state index contributed by atoms with van der Waals surface area (Å²) in [6.45, 7) is 2.58. The van der Waals surface area contributed by atoms with Crippen LogP contribution in [0.5, 0.6) is 17.2 Å². The molecule has 1 heterocycles. The molecule has 2 aromatic carbocycles. The fourth-order valence-corrected chi connectivity index (χ4v) is 3.00. The molecular formula is C27H24N2O6. The Labute approximate surface area is 203 Å². The van der Waals surface area contributed by atoms with Crippen LogP contribution in [0, 0.1) is 11.3 Å². The Kier molecular flexibility index (Phi) is 8.85. The molecule has 0 aliphatic rings. The molecule has 0 bridgehead atoms. The number of nitriles is 1. The van der Waals surface area contributed by atoms with Crippen molar-refractivity contribution in [3.05, 3.63) is 89.4 Å². The molecule has 0 spiro atoms. The Balaban J connectivity index is 1.58. The van der Waals surface area contributed by atoms with Crippen molar-refractivity contribution in [1.82, 2.24) is 5.32 Å². The van der Waals surface area contributed by atoms with E-state index < -0.39 is 11.9 Å². The lowest BCUT2D eigenvalue weighted by molar-refractivity contribution is -0.128. The Bertz CT molecular complexity index is 1250. The zero-order chi connectivity index (χ0) is 25.0. The zero-order valence-electron chi connectivity index (χ0n) is 19.3. The van der Waals surface area contributed by atoms with Gasteiger partial charge >= 0.3 is 5.97 Å². The lowest BCUT2D eigenvalue weighted by atomic mass is 10.1. The molecule has 0 unspecified atom stereocenters. The molecule has 3 rings (SSSR count). The average molecular weight is 472 g/mol. The number of carbonyl (C=O) groups is 2. The number of amides is 1. The number of furan rings is 1. The molecule has 8 heteroatoms. The monoisotopic (exact) mass is 472 g/mol. The number of nitrogens with one attached hydrogen (secondary N) is 1. The summed E-state index contributed by atoms with van der Waals surface area (Å²) in [7, 11) is 1.55. The molecule has 35 heavy (non-hydrogen) atoms. The van der Waals surface area contributed by atoms with E-state index >= 15 is 0 Å². The van der Waals surface area contributed by atoms with Crippen molar-refractivity contribution in [3.8, 4) is 23.3 Å². The van der Waals surface area contributed by atoms with Gasteiger partial charge in [0.1, 0.15) is 23.2 Å². The SMILES string of the molecule is CCOc1ccc(/C=C/C(=O)Oc2ccc(/C=C(/C#N)C(=O)NCc3ccco3)cc2)cc1OC. The summed E-state index contributed by atoms with van der Waals surface area (Å²) in [5, 5.41) is 11.9. The fourth-order valence-electron chi connectivity index (χ4n) is 3.00. The summed E-state index contributed by atoms with van der Waals surface area (Å²) >= 11 is 0. The van der Waals surface area contributed by atoms with E-state index in [4.69, 9.17) is 18.6 Å². The topological polar surface area (TPSA) is 111 Å². The van der Waals surface area contributed by atoms with Gasteiger partial charge in [-0.05, 0) is 66.6 Å². The molecule has 178 valence electrons. The summed E-state index contributed by atoms with van der Waals surface area (Å²) in [6, 6.07) is 17.1. The molecule has 0 radical (unpaired) electrons. The van der Waals surface area contributed by atoms with Crippen molar-refractivity contribution >= 4 is 24.0 Å². The molecule has 0 fully saturated rings. The minimum Gasteiger partial charge on any atom is -0.493 e. The second-order valence-corrected chi connectivity index (χ2v) is 7.10. The molecule has 0 aliphatic heterocycles. The Morgan fingerprint density at radius 2 is 1.86 bits per heavy atom. The largest absolute Gasteiger partial charge is 0.493 e. The number of nitrogens with zero attached hydrogens (tertiary/aromatic N) is 1. The molecule has 1 amide bonds. The van der Waals surface area contributed by atoms with Gasteiger partial charge in [0.05, 0.1) is 26.5 Å². The number of hydrogen-bond donors (Lipinski definition) is 1. The third-order valence-electron chi connectivity index (χ3n) is 4.68. The number of benzene rings is 2. The van der Waals surface area contributed by atoms with Crippen LogP contribution in [0.25, 0.3) is 12.2 Å². The van der Waals surface area contributed by atoms with Crippen LogP contribution in [-0.4, -0.2) is 25.6 Å². The highest BCUT2D eigenvalue weighted by atomic mass is 16.5. The van der Waals surface area contributed by atoms with Crippen molar-refractivity contribution < 1.29 is 28.2 Å². The van der Waals surface area contributed by atoms with Crippen molar-refractivity contribution in [1.29, 1.82) is 5.26 Å². The highest BCUT2D eigenvalue weighted by molar-refractivity contribution is 6.01. The van der Waals surface area contributed by atoms with Gasteiger partial charge in [0.25, 0.3) is 5.91 Å². The smallest absolute Gasteiger partial charge is 0.336 e. The van der Waals surface area contributed by atoms with Gasteiger partial charge in [0, 0.05) is 6.08 Å². The molecule has 0 saturated heterocycles. The van der Waals surface area contributed by atoms with Gasteiger partial charge in [-0.3, -0.25) is 4.79 Å². The lowest BCUT2D eigenvalue weighted by Crippen LogP contribution is -2.23. The maximum absolute atomic E-state index is 12.2.